The van der Waals surface area contributed by atoms with E-state index in [2.05, 4.69) is 46.4 Å². The number of rotatable bonds is 0. The van der Waals surface area contributed by atoms with Gasteiger partial charge in [-0.3, -0.25) is 4.90 Å². The van der Waals surface area contributed by atoms with Gasteiger partial charge in [0.25, 0.3) is 0 Å². The molecular formula is C15H31N. The molecule has 1 heterocycles. The second-order valence-electron chi connectivity index (χ2n) is 8.00. The van der Waals surface area contributed by atoms with E-state index in [1.54, 1.807) is 0 Å². The summed E-state index contributed by atoms with van der Waals surface area (Å²) >= 11 is 0. The predicted octanol–water partition coefficient (Wildman–Crippen LogP) is 4.18. The zero-order valence-electron chi connectivity index (χ0n) is 11.4. The highest BCUT2D eigenvalue weighted by Crippen LogP contribution is 2.58. The van der Waals surface area contributed by atoms with Crippen molar-refractivity contribution in [2.45, 2.75) is 67.3 Å². The first-order valence-electron chi connectivity index (χ1n) is 6.38. The quantitative estimate of drug-likeness (QED) is 0.598. The minimum Gasteiger partial charge on any atom is -0.297 e. The van der Waals surface area contributed by atoms with Crippen LogP contribution in [0.25, 0.3) is 0 Å². The molecule has 0 aromatic heterocycles. The Kier molecular flexibility index (Phi) is 3.27. The minimum absolute atomic E-state index is 0. The molecule has 0 bridgehead atoms. The molecule has 0 amide bonds. The summed E-state index contributed by atoms with van der Waals surface area (Å²) in [5, 5.41) is 0. The molecule has 0 radical (unpaired) electrons. The van der Waals surface area contributed by atoms with Crippen LogP contribution in [0.4, 0.5) is 0 Å². The Labute approximate surface area is 103 Å². The molecule has 1 aliphatic heterocycles. The van der Waals surface area contributed by atoms with Crippen molar-refractivity contribution in [2.24, 2.45) is 16.7 Å². The summed E-state index contributed by atoms with van der Waals surface area (Å²) in [6.07, 6.45) is 2.95. The zero-order chi connectivity index (χ0) is 11.5. The molecule has 1 saturated heterocycles. The second-order valence-corrected chi connectivity index (χ2v) is 8.00. The van der Waals surface area contributed by atoms with E-state index < -0.39 is 0 Å². The van der Waals surface area contributed by atoms with Crippen molar-refractivity contribution in [1.82, 2.24) is 4.90 Å². The fourth-order valence-corrected chi connectivity index (χ4v) is 3.09. The Hall–Kier alpha value is -0.0400. The Morgan fingerprint density at radius 1 is 0.938 bits per heavy atom. The molecule has 1 spiro atoms. The smallest absolute Gasteiger partial charge is 0.0125 e. The van der Waals surface area contributed by atoms with Crippen molar-refractivity contribution in [3.05, 3.63) is 0 Å². The number of hydrogen-bond acceptors (Lipinski definition) is 1. The van der Waals surface area contributed by atoms with Crippen LogP contribution in [0.5, 0.6) is 0 Å². The van der Waals surface area contributed by atoms with Crippen molar-refractivity contribution >= 4 is 0 Å². The van der Waals surface area contributed by atoms with Gasteiger partial charge in [-0.15, -0.1) is 0 Å². The number of hydrogen-bond donors (Lipinski definition) is 0. The third kappa shape index (κ3) is 2.30. The molecule has 2 aliphatic rings. The standard InChI is InChI=1S/C14H27N.CH4/c1-12(2,3)11-7-14(8-11)9-15(10-14)13(4,5)6;/h11H,7-10H2,1-6H3;1H4. The Balaban J connectivity index is 0.00000128. The lowest BCUT2D eigenvalue weighted by molar-refractivity contribution is -0.150. The normalized spacial score (nSPS) is 25.9. The highest BCUT2D eigenvalue weighted by atomic mass is 15.3. The van der Waals surface area contributed by atoms with Crippen LogP contribution in [0, 0.1) is 16.7 Å². The van der Waals surface area contributed by atoms with Gasteiger partial charge in [0, 0.05) is 18.6 Å². The summed E-state index contributed by atoms with van der Waals surface area (Å²) in [6.45, 7) is 16.9. The largest absolute Gasteiger partial charge is 0.297 e. The lowest BCUT2D eigenvalue weighted by atomic mass is 9.51. The molecular weight excluding hydrogens is 194 g/mol. The van der Waals surface area contributed by atoms with Crippen LogP contribution in [-0.4, -0.2) is 23.5 Å². The van der Waals surface area contributed by atoms with Gasteiger partial charge in [-0.05, 0) is 50.4 Å². The molecule has 0 N–H and O–H groups in total. The third-order valence-corrected chi connectivity index (χ3v) is 4.58. The Bertz CT molecular complexity index is 210. The molecule has 2 rings (SSSR count). The third-order valence-electron chi connectivity index (χ3n) is 4.58. The van der Waals surface area contributed by atoms with Gasteiger partial charge in [0.15, 0.2) is 0 Å². The van der Waals surface area contributed by atoms with E-state index in [9.17, 15) is 0 Å². The van der Waals surface area contributed by atoms with Crippen molar-refractivity contribution in [3.63, 3.8) is 0 Å². The van der Waals surface area contributed by atoms with Gasteiger partial charge < -0.3 is 0 Å². The maximum Gasteiger partial charge on any atom is 0.0125 e. The van der Waals surface area contributed by atoms with E-state index >= 15 is 0 Å². The van der Waals surface area contributed by atoms with E-state index in [-0.39, 0.29) is 7.43 Å². The fourth-order valence-electron chi connectivity index (χ4n) is 3.09. The van der Waals surface area contributed by atoms with Crippen molar-refractivity contribution < 1.29 is 0 Å². The SMILES string of the molecule is C.CC(C)(C)C1CC2(C1)CN(C(C)(C)C)C2. The minimum atomic E-state index is 0. The average Bonchev–Trinajstić information content (AvgIpc) is 1.71. The van der Waals surface area contributed by atoms with Gasteiger partial charge in [0.05, 0.1) is 0 Å². The summed E-state index contributed by atoms with van der Waals surface area (Å²) in [4.78, 5) is 2.63. The first kappa shape index (κ1) is 14.0. The highest BCUT2D eigenvalue weighted by Gasteiger charge is 2.56. The molecule has 1 saturated carbocycles. The Morgan fingerprint density at radius 3 is 1.69 bits per heavy atom. The van der Waals surface area contributed by atoms with Crippen LogP contribution in [0.15, 0.2) is 0 Å². The van der Waals surface area contributed by atoms with Crippen LogP contribution >= 0.6 is 0 Å². The van der Waals surface area contributed by atoms with Crippen LogP contribution < -0.4 is 0 Å². The molecule has 16 heavy (non-hydrogen) atoms. The summed E-state index contributed by atoms with van der Waals surface area (Å²) in [5.74, 6) is 0.972. The first-order chi connectivity index (χ1) is 6.62. The molecule has 0 atom stereocenters. The van der Waals surface area contributed by atoms with Crippen molar-refractivity contribution in [2.75, 3.05) is 13.1 Å². The van der Waals surface area contributed by atoms with E-state index in [0.717, 1.165) is 11.3 Å². The van der Waals surface area contributed by atoms with Gasteiger partial charge in [0.2, 0.25) is 0 Å². The molecule has 0 aromatic rings. The fraction of sp³-hybridized carbons (Fsp3) is 1.00. The monoisotopic (exact) mass is 225 g/mol. The lowest BCUT2D eigenvalue weighted by Crippen LogP contribution is -2.67. The number of likely N-dealkylation sites (tertiary alicyclic amines) is 1. The van der Waals surface area contributed by atoms with Gasteiger partial charge in [-0.2, -0.15) is 0 Å². The molecule has 1 nitrogen and oxygen atoms in total. The number of nitrogens with zero attached hydrogens (tertiary/aromatic N) is 1. The van der Waals surface area contributed by atoms with Gasteiger partial charge >= 0.3 is 0 Å². The summed E-state index contributed by atoms with van der Waals surface area (Å²) in [5.41, 5.74) is 1.65. The summed E-state index contributed by atoms with van der Waals surface area (Å²) < 4.78 is 0. The molecule has 96 valence electrons. The summed E-state index contributed by atoms with van der Waals surface area (Å²) in [7, 11) is 0. The second kappa shape index (κ2) is 3.73. The average molecular weight is 225 g/mol. The first-order valence-corrected chi connectivity index (χ1v) is 6.38. The summed E-state index contributed by atoms with van der Waals surface area (Å²) in [6, 6.07) is 0. The zero-order valence-corrected chi connectivity index (χ0v) is 11.4. The van der Waals surface area contributed by atoms with E-state index in [1.807, 2.05) is 0 Å². The predicted molar refractivity (Wildman–Crippen MR) is 72.7 cm³/mol. The maximum absolute atomic E-state index is 2.63. The lowest BCUT2D eigenvalue weighted by Gasteiger charge is -2.65. The topological polar surface area (TPSA) is 3.24 Å². The van der Waals surface area contributed by atoms with E-state index in [1.165, 1.54) is 25.9 Å². The molecule has 0 unspecified atom stereocenters. The highest BCUT2D eigenvalue weighted by molar-refractivity contribution is 5.08. The molecule has 0 aromatic carbocycles. The van der Waals surface area contributed by atoms with Gasteiger partial charge in [-0.25, -0.2) is 0 Å². The van der Waals surface area contributed by atoms with Crippen molar-refractivity contribution in [3.8, 4) is 0 Å². The van der Waals surface area contributed by atoms with Gasteiger partial charge in [0.1, 0.15) is 0 Å². The molecule has 2 fully saturated rings. The molecule has 1 aliphatic carbocycles. The van der Waals surface area contributed by atoms with E-state index in [0.29, 0.717) is 11.0 Å². The van der Waals surface area contributed by atoms with E-state index in [4.69, 9.17) is 0 Å². The van der Waals surface area contributed by atoms with Crippen LogP contribution in [0.2, 0.25) is 0 Å². The van der Waals surface area contributed by atoms with Crippen LogP contribution in [0.1, 0.15) is 61.8 Å². The van der Waals surface area contributed by atoms with Crippen molar-refractivity contribution in [1.29, 1.82) is 0 Å². The van der Waals surface area contributed by atoms with Crippen LogP contribution in [-0.2, 0) is 0 Å². The Morgan fingerprint density at radius 2 is 1.38 bits per heavy atom. The van der Waals surface area contributed by atoms with Gasteiger partial charge in [-0.1, -0.05) is 28.2 Å². The van der Waals surface area contributed by atoms with Crippen LogP contribution in [0.3, 0.4) is 0 Å². The maximum atomic E-state index is 2.63. The molecule has 1 heteroatoms.